The summed E-state index contributed by atoms with van der Waals surface area (Å²) in [5, 5.41) is 0. The number of hydrogen-bond acceptors (Lipinski definition) is 4. The third-order valence-corrected chi connectivity index (χ3v) is 4.68. The van der Waals surface area contributed by atoms with Crippen molar-refractivity contribution < 1.29 is 14.3 Å². The maximum Gasteiger partial charge on any atom is 0.327 e. The highest BCUT2D eigenvalue weighted by Crippen LogP contribution is 2.51. The van der Waals surface area contributed by atoms with Gasteiger partial charge >= 0.3 is 5.97 Å². The lowest BCUT2D eigenvalue weighted by atomic mass is 9.62. The Balaban J connectivity index is 3.22. The minimum Gasteiger partial charge on any atom is -0.427 e. The van der Waals surface area contributed by atoms with Gasteiger partial charge in [-0.15, -0.1) is 0 Å². The minimum atomic E-state index is -0.673. The molecule has 122 valence electrons. The van der Waals surface area contributed by atoms with E-state index >= 15 is 0 Å². The molecule has 0 aromatic heterocycles. The molecule has 0 radical (unpaired) electrons. The first-order valence-electron chi connectivity index (χ1n) is 7.69. The highest BCUT2D eigenvalue weighted by molar-refractivity contribution is 5.76. The first-order chi connectivity index (χ1) is 9.31. The Hall–Kier alpha value is -0.870. The van der Waals surface area contributed by atoms with E-state index in [1.54, 1.807) is 6.92 Å². The molecular weight excluding hydrogens is 266 g/mol. The second-order valence-corrected chi connectivity index (χ2v) is 7.88. The van der Waals surface area contributed by atoms with E-state index in [2.05, 4.69) is 20.8 Å². The zero-order valence-electron chi connectivity index (χ0n) is 14.7. The fourth-order valence-electron chi connectivity index (χ4n) is 2.70. The monoisotopic (exact) mass is 297 g/mol. The molecule has 2 unspecified atom stereocenters. The first kappa shape index (κ1) is 18.2. The lowest BCUT2D eigenvalue weighted by Gasteiger charge is -2.52. The summed E-state index contributed by atoms with van der Waals surface area (Å²) < 4.78 is 11.9. The topological polar surface area (TPSA) is 61.6 Å². The molecule has 0 saturated carbocycles. The van der Waals surface area contributed by atoms with E-state index in [0.29, 0.717) is 11.7 Å². The molecule has 1 aliphatic carbocycles. The van der Waals surface area contributed by atoms with Crippen molar-refractivity contribution in [2.45, 2.75) is 79.1 Å². The highest BCUT2D eigenvalue weighted by Gasteiger charge is 2.53. The standard InChI is InChI=1S/C17H31NO3/c1-11-9-10-13(20-14(19)12(2)18)17(8,16(11,6)7)21-15(3,4)5/h10-12H,9,18H2,1-8H3/t11?,12?,17-/m0/s1. The molecule has 1 aliphatic rings. The predicted octanol–water partition coefficient (Wildman–Crippen LogP) is 3.40. The zero-order chi connectivity index (χ0) is 16.6. The number of allylic oxidation sites excluding steroid dienone is 1. The molecule has 0 aliphatic heterocycles. The number of esters is 1. The quantitative estimate of drug-likeness (QED) is 0.811. The summed E-state index contributed by atoms with van der Waals surface area (Å²) in [6.45, 7) is 16.2. The number of ether oxygens (including phenoxy) is 2. The van der Waals surface area contributed by atoms with Crippen LogP contribution in [0.1, 0.15) is 61.8 Å². The van der Waals surface area contributed by atoms with Crippen molar-refractivity contribution in [1.82, 2.24) is 0 Å². The second-order valence-electron chi connectivity index (χ2n) is 7.88. The van der Waals surface area contributed by atoms with E-state index in [9.17, 15) is 4.79 Å². The average Bonchev–Trinajstić information content (AvgIpc) is 2.28. The minimum absolute atomic E-state index is 0.164. The molecule has 0 amide bonds. The Kier molecular flexibility index (Phi) is 4.96. The molecule has 0 spiro atoms. The Labute approximate surface area is 129 Å². The number of rotatable bonds is 3. The lowest BCUT2D eigenvalue weighted by Crippen LogP contribution is -2.55. The molecule has 4 nitrogen and oxygen atoms in total. The maximum absolute atomic E-state index is 11.9. The summed E-state index contributed by atoms with van der Waals surface area (Å²) in [4.78, 5) is 11.9. The molecule has 0 fully saturated rings. The van der Waals surface area contributed by atoms with Gasteiger partial charge in [0.1, 0.15) is 17.4 Å². The van der Waals surface area contributed by atoms with Crippen molar-refractivity contribution in [3.63, 3.8) is 0 Å². The van der Waals surface area contributed by atoms with Gasteiger partial charge in [0.2, 0.25) is 0 Å². The largest absolute Gasteiger partial charge is 0.427 e. The van der Waals surface area contributed by atoms with Crippen molar-refractivity contribution in [2.75, 3.05) is 0 Å². The van der Waals surface area contributed by atoms with Crippen LogP contribution in [0.4, 0.5) is 0 Å². The van der Waals surface area contributed by atoms with Crippen LogP contribution < -0.4 is 5.73 Å². The number of carbonyl (C=O) groups excluding carboxylic acids is 1. The van der Waals surface area contributed by atoms with Crippen LogP contribution >= 0.6 is 0 Å². The van der Waals surface area contributed by atoms with E-state index in [-0.39, 0.29) is 11.0 Å². The van der Waals surface area contributed by atoms with Crippen molar-refractivity contribution in [2.24, 2.45) is 17.1 Å². The molecular formula is C17H31NO3. The molecule has 1 rings (SSSR count). The van der Waals surface area contributed by atoms with E-state index in [1.165, 1.54) is 0 Å². The maximum atomic E-state index is 11.9. The molecule has 0 bridgehead atoms. The summed E-state index contributed by atoms with van der Waals surface area (Å²) in [5.74, 6) is 0.584. The van der Waals surface area contributed by atoms with Gasteiger partial charge < -0.3 is 15.2 Å². The zero-order valence-corrected chi connectivity index (χ0v) is 14.7. The summed E-state index contributed by atoms with van der Waals surface area (Å²) in [5.41, 5.74) is 4.44. The van der Waals surface area contributed by atoms with Crippen molar-refractivity contribution in [1.29, 1.82) is 0 Å². The molecule has 0 saturated heterocycles. The summed E-state index contributed by atoms with van der Waals surface area (Å²) in [6, 6.07) is -0.646. The third kappa shape index (κ3) is 3.67. The molecule has 0 heterocycles. The molecule has 2 N–H and O–H groups in total. The van der Waals surface area contributed by atoms with Crippen LogP contribution in [0.25, 0.3) is 0 Å². The Bertz CT molecular complexity index is 432. The Morgan fingerprint density at radius 3 is 2.33 bits per heavy atom. The van der Waals surface area contributed by atoms with Crippen LogP contribution in [0.5, 0.6) is 0 Å². The number of carbonyl (C=O) groups is 1. The molecule has 21 heavy (non-hydrogen) atoms. The van der Waals surface area contributed by atoms with Gasteiger partial charge in [0.15, 0.2) is 0 Å². The van der Waals surface area contributed by atoms with E-state index in [1.807, 2.05) is 33.8 Å². The summed E-state index contributed by atoms with van der Waals surface area (Å²) in [6.07, 6.45) is 2.83. The van der Waals surface area contributed by atoms with E-state index in [0.717, 1.165) is 6.42 Å². The normalized spacial score (nSPS) is 30.5. The van der Waals surface area contributed by atoms with Crippen LogP contribution in [-0.2, 0) is 14.3 Å². The van der Waals surface area contributed by atoms with E-state index in [4.69, 9.17) is 15.2 Å². The van der Waals surface area contributed by atoms with Gasteiger partial charge in [-0.2, -0.15) is 0 Å². The van der Waals surface area contributed by atoms with Gasteiger partial charge in [0.05, 0.1) is 5.60 Å². The fraction of sp³-hybridized carbons (Fsp3) is 0.824. The number of hydrogen-bond donors (Lipinski definition) is 1. The smallest absolute Gasteiger partial charge is 0.327 e. The Morgan fingerprint density at radius 1 is 1.38 bits per heavy atom. The van der Waals surface area contributed by atoms with Crippen LogP contribution in [0.3, 0.4) is 0 Å². The molecule has 4 heteroatoms. The van der Waals surface area contributed by atoms with Crippen molar-refractivity contribution in [3.05, 3.63) is 11.8 Å². The second kappa shape index (κ2) is 5.73. The van der Waals surface area contributed by atoms with Gasteiger partial charge in [-0.25, -0.2) is 4.79 Å². The SMILES string of the molecule is CC(N)C(=O)OC1=CCC(C)C(C)(C)[C@@]1(C)OC(C)(C)C. The third-order valence-electron chi connectivity index (χ3n) is 4.68. The predicted molar refractivity (Wildman–Crippen MR) is 84.6 cm³/mol. The van der Waals surface area contributed by atoms with Crippen LogP contribution in [-0.4, -0.2) is 23.2 Å². The lowest BCUT2D eigenvalue weighted by molar-refractivity contribution is -0.197. The number of nitrogens with two attached hydrogens (primary N) is 1. The van der Waals surface area contributed by atoms with Crippen LogP contribution in [0, 0.1) is 11.3 Å². The molecule has 3 atom stereocenters. The first-order valence-corrected chi connectivity index (χ1v) is 7.69. The molecule has 0 aromatic rings. The van der Waals surface area contributed by atoms with Gasteiger partial charge in [-0.3, -0.25) is 0 Å². The van der Waals surface area contributed by atoms with Gasteiger partial charge in [-0.1, -0.05) is 20.8 Å². The van der Waals surface area contributed by atoms with Crippen molar-refractivity contribution >= 4 is 5.97 Å². The van der Waals surface area contributed by atoms with Crippen molar-refractivity contribution in [3.8, 4) is 0 Å². The highest BCUT2D eigenvalue weighted by atomic mass is 16.6. The summed E-state index contributed by atoms with van der Waals surface area (Å²) >= 11 is 0. The summed E-state index contributed by atoms with van der Waals surface area (Å²) in [7, 11) is 0. The van der Waals surface area contributed by atoms with E-state index < -0.39 is 17.6 Å². The van der Waals surface area contributed by atoms with Gasteiger partial charge in [0.25, 0.3) is 0 Å². The van der Waals surface area contributed by atoms with Crippen LogP contribution in [0.15, 0.2) is 11.8 Å². The Morgan fingerprint density at radius 2 is 1.90 bits per heavy atom. The fourth-order valence-corrected chi connectivity index (χ4v) is 2.70. The molecule has 0 aromatic carbocycles. The van der Waals surface area contributed by atoms with Gasteiger partial charge in [0, 0.05) is 5.41 Å². The average molecular weight is 297 g/mol. The van der Waals surface area contributed by atoms with Crippen LogP contribution in [0.2, 0.25) is 0 Å². The van der Waals surface area contributed by atoms with Gasteiger partial charge in [-0.05, 0) is 53.0 Å².